The van der Waals surface area contributed by atoms with Crippen molar-refractivity contribution in [2.75, 3.05) is 19.7 Å². The van der Waals surface area contributed by atoms with E-state index in [1.165, 1.54) is 4.90 Å². The lowest BCUT2D eigenvalue weighted by Crippen LogP contribution is -2.55. The van der Waals surface area contributed by atoms with Crippen molar-refractivity contribution in [3.8, 4) is 5.75 Å². The maximum absolute atomic E-state index is 14.2. The van der Waals surface area contributed by atoms with E-state index in [0.717, 1.165) is 10.8 Å². The lowest BCUT2D eigenvalue weighted by molar-refractivity contribution is -0.156. The molecule has 3 amide bonds. The highest BCUT2D eigenvalue weighted by Crippen LogP contribution is 2.18. The molecule has 1 unspecified atom stereocenters. The molecule has 0 saturated heterocycles. The number of aryl methyl sites for hydroxylation is 1. The Balaban J connectivity index is 1.51. The van der Waals surface area contributed by atoms with Crippen LogP contribution in [0.3, 0.4) is 0 Å². The molecule has 0 aliphatic heterocycles. The predicted octanol–water partition coefficient (Wildman–Crippen LogP) is 4.37. The zero-order chi connectivity index (χ0) is 37.0. The van der Waals surface area contributed by atoms with Crippen LogP contribution in [-0.4, -0.2) is 86.7 Å². The minimum absolute atomic E-state index is 0.190. The third kappa shape index (κ3) is 12.2. The van der Waals surface area contributed by atoms with Gasteiger partial charge in [0.25, 0.3) is 5.91 Å². The average Bonchev–Trinajstić information content (AvgIpc) is 3.61. The minimum Gasteiger partial charge on any atom is -0.491 e. The summed E-state index contributed by atoms with van der Waals surface area (Å²) in [7, 11) is 0. The van der Waals surface area contributed by atoms with Crippen LogP contribution in [0.25, 0.3) is 10.8 Å². The molecule has 51 heavy (non-hydrogen) atoms. The summed E-state index contributed by atoms with van der Waals surface area (Å²) in [6.07, 6.45) is 4.02. The van der Waals surface area contributed by atoms with Gasteiger partial charge in [0.1, 0.15) is 30.1 Å². The summed E-state index contributed by atoms with van der Waals surface area (Å²) in [5, 5.41) is 18.6. The molecule has 0 bridgehead atoms. The summed E-state index contributed by atoms with van der Waals surface area (Å²) >= 11 is 0. The Morgan fingerprint density at radius 2 is 1.65 bits per heavy atom. The number of aromatic nitrogens is 2. The van der Waals surface area contributed by atoms with E-state index in [-0.39, 0.29) is 32.0 Å². The first kappa shape index (κ1) is 38.6. The number of nitrogens with zero attached hydrogens (tertiary/aromatic N) is 3. The topological polar surface area (TPSA) is 152 Å². The summed E-state index contributed by atoms with van der Waals surface area (Å²) in [6, 6.07) is 19.9. The molecule has 3 N–H and O–H groups in total. The molecule has 0 aliphatic rings. The van der Waals surface area contributed by atoms with E-state index in [1.54, 1.807) is 75.9 Å². The third-order valence-electron chi connectivity index (χ3n) is 8.06. The highest BCUT2D eigenvalue weighted by Gasteiger charge is 2.32. The first-order chi connectivity index (χ1) is 24.3. The third-order valence-corrected chi connectivity index (χ3v) is 8.06. The van der Waals surface area contributed by atoms with E-state index < -0.39 is 47.5 Å². The van der Waals surface area contributed by atoms with Crippen molar-refractivity contribution in [3.05, 3.63) is 97.1 Å². The number of ether oxygens (including phenoxy) is 2. The number of rotatable bonds is 17. The number of hydrogen-bond donors (Lipinski definition) is 3. The van der Waals surface area contributed by atoms with Crippen molar-refractivity contribution in [1.82, 2.24) is 25.1 Å². The fraction of sp³-hybridized carbons (Fsp3) is 0.410. The van der Waals surface area contributed by atoms with Gasteiger partial charge in [-0.05, 0) is 68.1 Å². The normalized spacial score (nSPS) is 13.2. The second-order valence-electron chi connectivity index (χ2n) is 13.8. The minimum atomic E-state index is -1.28. The van der Waals surface area contributed by atoms with Crippen LogP contribution in [0.1, 0.15) is 57.8 Å². The summed E-state index contributed by atoms with van der Waals surface area (Å²) in [6.45, 7) is 8.98. The number of hydrogen-bond acceptors (Lipinski definition) is 8. The molecular formula is C39H49N5O7. The number of imidazole rings is 1. The summed E-state index contributed by atoms with van der Waals surface area (Å²) in [5.41, 5.74) is -0.369. The fourth-order valence-corrected chi connectivity index (χ4v) is 5.48. The van der Waals surface area contributed by atoms with Gasteiger partial charge in [-0.1, -0.05) is 62.4 Å². The van der Waals surface area contributed by atoms with Gasteiger partial charge in [0.2, 0.25) is 11.8 Å². The van der Waals surface area contributed by atoms with Gasteiger partial charge in [0.05, 0.1) is 25.3 Å². The van der Waals surface area contributed by atoms with E-state index in [0.29, 0.717) is 24.3 Å². The van der Waals surface area contributed by atoms with Crippen LogP contribution in [0.4, 0.5) is 0 Å². The SMILES string of the molecule is CC(C)[C@H](NC(=O)c1ccc2ccccc2c1)C(=O)N(CCCn1ccnc1)CC(=O)N[C@@H](CC(=O)OC(C)(C)C)C(O)COc1ccccc1. The molecule has 1 heterocycles. The number of carbonyl (C=O) groups excluding carboxylic acids is 4. The Morgan fingerprint density at radius 3 is 2.31 bits per heavy atom. The van der Waals surface area contributed by atoms with Crippen LogP contribution < -0.4 is 15.4 Å². The zero-order valence-electron chi connectivity index (χ0n) is 30.0. The molecule has 3 aromatic carbocycles. The molecule has 4 aromatic rings. The highest BCUT2D eigenvalue weighted by molar-refractivity contribution is 6.01. The molecule has 12 nitrogen and oxygen atoms in total. The monoisotopic (exact) mass is 699 g/mol. The quantitative estimate of drug-likeness (QED) is 0.138. The van der Waals surface area contributed by atoms with Crippen LogP contribution in [-0.2, 0) is 25.7 Å². The lowest BCUT2D eigenvalue weighted by Gasteiger charge is -2.31. The van der Waals surface area contributed by atoms with Crippen molar-refractivity contribution in [3.63, 3.8) is 0 Å². The summed E-state index contributed by atoms with van der Waals surface area (Å²) in [5.74, 6) is -1.85. The van der Waals surface area contributed by atoms with E-state index in [4.69, 9.17) is 9.47 Å². The first-order valence-corrected chi connectivity index (χ1v) is 17.2. The molecule has 1 aromatic heterocycles. The van der Waals surface area contributed by atoms with Gasteiger partial charge in [-0.2, -0.15) is 0 Å². The number of carbonyl (C=O) groups is 4. The maximum Gasteiger partial charge on any atom is 0.308 e. The first-order valence-electron chi connectivity index (χ1n) is 17.2. The Labute approximate surface area is 299 Å². The predicted molar refractivity (Wildman–Crippen MR) is 194 cm³/mol. The maximum atomic E-state index is 14.2. The van der Waals surface area contributed by atoms with Gasteiger partial charge >= 0.3 is 5.97 Å². The van der Waals surface area contributed by atoms with Gasteiger partial charge < -0.3 is 34.7 Å². The molecule has 3 atom stereocenters. The van der Waals surface area contributed by atoms with Crippen molar-refractivity contribution in [1.29, 1.82) is 0 Å². The smallest absolute Gasteiger partial charge is 0.308 e. The Morgan fingerprint density at radius 1 is 0.941 bits per heavy atom. The van der Waals surface area contributed by atoms with Crippen LogP contribution in [0.2, 0.25) is 0 Å². The number of amides is 3. The molecule has 0 fully saturated rings. The Bertz CT molecular complexity index is 1740. The van der Waals surface area contributed by atoms with Crippen molar-refractivity contribution >= 4 is 34.5 Å². The van der Waals surface area contributed by atoms with Crippen LogP contribution in [0.15, 0.2) is 91.5 Å². The number of benzene rings is 3. The number of esters is 1. The molecule has 0 spiro atoms. The second-order valence-corrected chi connectivity index (χ2v) is 13.8. The highest BCUT2D eigenvalue weighted by atomic mass is 16.6. The van der Waals surface area contributed by atoms with E-state index in [2.05, 4.69) is 15.6 Å². The van der Waals surface area contributed by atoms with Crippen LogP contribution >= 0.6 is 0 Å². The standard InChI is InChI=1S/C39H49N5O7/c1-27(2)36(42-37(48)30-17-16-28-12-9-10-13-29(28)22-30)38(49)44(20-11-19-43-21-18-40-26-43)24-34(46)41-32(23-35(47)51-39(3,4)5)33(45)25-50-31-14-7-6-8-15-31/h6-10,12-18,21-22,26-27,32-33,36,45H,11,19-20,23-25H2,1-5H3,(H,41,46)(H,42,48)/t32-,33?,36-/m0/s1. The zero-order valence-corrected chi connectivity index (χ0v) is 30.0. The molecule has 12 heteroatoms. The number of aliphatic hydroxyl groups excluding tert-OH is 1. The van der Waals surface area contributed by atoms with Gasteiger partial charge in [-0.3, -0.25) is 19.2 Å². The molecular weight excluding hydrogens is 650 g/mol. The van der Waals surface area contributed by atoms with E-state index in [1.807, 2.05) is 54.8 Å². The number of nitrogens with one attached hydrogen (secondary N) is 2. The van der Waals surface area contributed by atoms with Crippen molar-refractivity contribution in [2.45, 2.75) is 77.8 Å². The fourth-order valence-electron chi connectivity index (χ4n) is 5.48. The van der Waals surface area contributed by atoms with Gasteiger partial charge in [-0.15, -0.1) is 0 Å². The van der Waals surface area contributed by atoms with E-state index in [9.17, 15) is 24.3 Å². The van der Waals surface area contributed by atoms with Crippen LogP contribution in [0, 0.1) is 5.92 Å². The number of fused-ring (bicyclic) bond motifs is 1. The number of para-hydroxylation sites is 1. The Kier molecular flexibility index (Phi) is 13.7. The van der Waals surface area contributed by atoms with Crippen molar-refractivity contribution < 1.29 is 33.8 Å². The van der Waals surface area contributed by atoms with Crippen molar-refractivity contribution in [2.24, 2.45) is 5.92 Å². The summed E-state index contributed by atoms with van der Waals surface area (Å²) < 4.78 is 13.0. The van der Waals surface area contributed by atoms with Gasteiger partial charge in [0.15, 0.2) is 0 Å². The second kappa shape index (κ2) is 18.1. The molecule has 0 aliphatic carbocycles. The number of aliphatic hydroxyl groups is 1. The average molecular weight is 700 g/mol. The molecule has 4 rings (SSSR count). The molecule has 0 radical (unpaired) electrons. The largest absolute Gasteiger partial charge is 0.491 e. The van der Waals surface area contributed by atoms with Gasteiger partial charge in [-0.25, -0.2) is 4.98 Å². The lowest BCUT2D eigenvalue weighted by atomic mass is 10.0. The van der Waals surface area contributed by atoms with E-state index >= 15 is 0 Å². The van der Waals surface area contributed by atoms with Gasteiger partial charge in [0, 0.05) is 31.0 Å². The Hall–Kier alpha value is -5.23. The molecule has 272 valence electrons. The summed E-state index contributed by atoms with van der Waals surface area (Å²) in [4.78, 5) is 59.6. The van der Waals surface area contributed by atoms with Crippen LogP contribution in [0.5, 0.6) is 5.75 Å². The molecule has 0 saturated carbocycles.